The van der Waals surface area contributed by atoms with Gasteiger partial charge in [-0.05, 0) is 24.3 Å². The number of fused-ring (bicyclic) bond motifs is 1. The Balaban J connectivity index is 1.74. The van der Waals surface area contributed by atoms with E-state index in [1.165, 1.54) is 12.1 Å². The zero-order chi connectivity index (χ0) is 17.8. The van der Waals surface area contributed by atoms with Crippen LogP contribution in [0.3, 0.4) is 0 Å². The summed E-state index contributed by atoms with van der Waals surface area (Å²) >= 11 is 0. The highest BCUT2D eigenvalue weighted by Crippen LogP contribution is 2.20. The molecule has 3 rings (SSSR count). The smallest absolute Gasteiger partial charge is 0.316 e. The monoisotopic (exact) mass is 334 g/mol. The molecule has 0 atom stereocenters. The second kappa shape index (κ2) is 6.79. The molecule has 0 fully saturated rings. The number of pyridine rings is 1. The van der Waals surface area contributed by atoms with Gasteiger partial charge in [0.1, 0.15) is 0 Å². The highest BCUT2D eigenvalue weighted by molar-refractivity contribution is 6.43. The summed E-state index contributed by atoms with van der Waals surface area (Å²) in [5.74, 6) is -2.79. The van der Waals surface area contributed by atoms with Crippen LogP contribution in [-0.2, 0) is 9.59 Å². The Labute approximate surface area is 142 Å². The van der Waals surface area contributed by atoms with E-state index in [2.05, 4.69) is 10.3 Å². The van der Waals surface area contributed by atoms with Crippen molar-refractivity contribution >= 4 is 40.0 Å². The number of nitrogen functional groups attached to an aromatic ring is 1. The largest absolute Gasteiger partial charge is 0.398 e. The van der Waals surface area contributed by atoms with Crippen LogP contribution in [0.4, 0.5) is 11.4 Å². The first-order valence-electron chi connectivity index (χ1n) is 7.41. The van der Waals surface area contributed by atoms with Crippen LogP contribution in [-0.4, -0.2) is 22.7 Å². The van der Waals surface area contributed by atoms with E-state index in [1.54, 1.807) is 36.5 Å². The summed E-state index contributed by atoms with van der Waals surface area (Å²) < 4.78 is 0. The van der Waals surface area contributed by atoms with Gasteiger partial charge in [-0.15, -0.1) is 0 Å². The van der Waals surface area contributed by atoms with Crippen LogP contribution < -0.4 is 16.4 Å². The molecule has 0 aliphatic rings. The van der Waals surface area contributed by atoms with E-state index in [9.17, 15) is 14.4 Å². The second-order valence-corrected chi connectivity index (χ2v) is 5.21. The molecule has 0 aliphatic heterocycles. The lowest BCUT2D eigenvalue weighted by molar-refractivity contribution is -0.135. The molecule has 124 valence electrons. The number of aromatic nitrogens is 1. The molecule has 0 spiro atoms. The van der Waals surface area contributed by atoms with E-state index >= 15 is 0 Å². The average molecular weight is 334 g/mol. The van der Waals surface area contributed by atoms with Gasteiger partial charge in [0.2, 0.25) is 0 Å². The minimum Gasteiger partial charge on any atom is -0.398 e. The Morgan fingerprint density at radius 3 is 2.44 bits per heavy atom. The molecule has 3 amide bonds. The fourth-order valence-corrected chi connectivity index (χ4v) is 2.32. The summed E-state index contributed by atoms with van der Waals surface area (Å²) in [5.41, 5.74) is 6.94. The first-order valence-corrected chi connectivity index (χ1v) is 7.41. The minimum atomic E-state index is -1.08. The SMILES string of the molecule is Nc1ccccc1C(=O)NC(=O)C(=O)Nc1cccc2cccnc12. The van der Waals surface area contributed by atoms with Gasteiger partial charge < -0.3 is 11.1 Å². The third-order valence-electron chi connectivity index (χ3n) is 3.52. The van der Waals surface area contributed by atoms with E-state index in [0.717, 1.165) is 5.39 Å². The van der Waals surface area contributed by atoms with Crippen LogP contribution in [0, 0.1) is 0 Å². The third-order valence-corrected chi connectivity index (χ3v) is 3.52. The molecule has 25 heavy (non-hydrogen) atoms. The predicted molar refractivity (Wildman–Crippen MR) is 93.7 cm³/mol. The maximum absolute atomic E-state index is 12.1. The molecule has 7 heteroatoms. The van der Waals surface area contributed by atoms with Crippen molar-refractivity contribution in [2.24, 2.45) is 0 Å². The van der Waals surface area contributed by atoms with E-state index in [4.69, 9.17) is 5.73 Å². The van der Waals surface area contributed by atoms with E-state index < -0.39 is 17.7 Å². The van der Waals surface area contributed by atoms with Gasteiger partial charge in [0.05, 0.1) is 16.8 Å². The lowest BCUT2D eigenvalue weighted by Gasteiger charge is -2.08. The number of hydrogen-bond acceptors (Lipinski definition) is 5. The van der Waals surface area contributed by atoms with Crippen LogP contribution in [0.1, 0.15) is 10.4 Å². The van der Waals surface area contributed by atoms with Gasteiger partial charge >= 0.3 is 11.8 Å². The molecule has 0 radical (unpaired) electrons. The van der Waals surface area contributed by atoms with Crippen molar-refractivity contribution in [1.29, 1.82) is 0 Å². The van der Waals surface area contributed by atoms with E-state index in [-0.39, 0.29) is 11.3 Å². The van der Waals surface area contributed by atoms with Crippen molar-refractivity contribution in [3.8, 4) is 0 Å². The number of rotatable bonds is 2. The Kier molecular flexibility index (Phi) is 4.38. The molecule has 0 saturated heterocycles. The molecule has 0 saturated carbocycles. The molecule has 0 aliphatic carbocycles. The molecule has 0 unspecified atom stereocenters. The fraction of sp³-hybridized carbons (Fsp3) is 0. The van der Waals surface area contributed by atoms with Gasteiger partial charge in [-0.25, -0.2) is 0 Å². The average Bonchev–Trinajstić information content (AvgIpc) is 2.62. The maximum atomic E-state index is 12.1. The third kappa shape index (κ3) is 3.45. The van der Waals surface area contributed by atoms with Crippen LogP contribution in [0.5, 0.6) is 0 Å². The highest BCUT2D eigenvalue weighted by atomic mass is 16.2. The van der Waals surface area contributed by atoms with E-state index in [0.29, 0.717) is 11.2 Å². The number of anilines is 2. The Hall–Kier alpha value is -3.74. The highest BCUT2D eigenvalue weighted by Gasteiger charge is 2.19. The normalized spacial score (nSPS) is 10.2. The summed E-state index contributed by atoms with van der Waals surface area (Å²) in [6.45, 7) is 0. The minimum absolute atomic E-state index is 0.121. The fourth-order valence-electron chi connectivity index (χ4n) is 2.32. The van der Waals surface area contributed by atoms with Crippen molar-refractivity contribution in [2.45, 2.75) is 0 Å². The van der Waals surface area contributed by atoms with Gasteiger partial charge in [-0.3, -0.25) is 24.7 Å². The molecule has 4 N–H and O–H groups in total. The number of nitrogens with two attached hydrogens (primary N) is 1. The number of imide groups is 1. The molecular formula is C18H14N4O3. The van der Waals surface area contributed by atoms with Crippen LogP contribution in [0.15, 0.2) is 60.8 Å². The zero-order valence-electron chi connectivity index (χ0n) is 13.0. The molecular weight excluding hydrogens is 320 g/mol. The van der Waals surface area contributed by atoms with Gasteiger partial charge in [0.15, 0.2) is 0 Å². The quantitative estimate of drug-likeness (QED) is 0.487. The molecule has 0 bridgehead atoms. The number of nitrogens with zero attached hydrogens (tertiary/aromatic N) is 1. The summed E-state index contributed by atoms with van der Waals surface area (Å²) in [7, 11) is 0. The Morgan fingerprint density at radius 2 is 1.64 bits per heavy atom. The molecule has 7 nitrogen and oxygen atoms in total. The predicted octanol–water partition coefficient (Wildman–Crippen LogP) is 1.71. The van der Waals surface area contributed by atoms with Crippen molar-refractivity contribution in [2.75, 3.05) is 11.1 Å². The molecule has 1 heterocycles. The zero-order valence-corrected chi connectivity index (χ0v) is 13.0. The lowest BCUT2D eigenvalue weighted by atomic mass is 10.1. The van der Waals surface area contributed by atoms with Crippen molar-refractivity contribution in [1.82, 2.24) is 10.3 Å². The number of amides is 3. The number of carbonyl (C=O) groups is 3. The molecule has 3 aromatic rings. The van der Waals surface area contributed by atoms with Gasteiger partial charge in [-0.2, -0.15) is 0 Å². The second-order valence-electron chi connectivity index (χ2n) is 5.21. The maximum Gasteiger partial charge on any atom is 0.316 e. The Bertz CT molecular complexity index is 979. The van der Waals surface area contributed by atoms with Gasteiger partial charge in [0.25, 0.3) is 5.91 Å². The van der Waals surface area contributed by atoms with Crippen molar-refractivity contribution in [3.05, 3.63) is 66.4 Å². The van der Waals surface area contributed by atoms with Crippen LogP contribution in [0.2, 0.25) is 0 Å². The summed E-state index contributed by atoms with van der Waals surface area (Å²) in [4.78, 5) is 40.3. The van der Waals surface area contributed by atoms with Gasteiger partial charge in [0, 0.05) is 17.3 Å². The number of benzene rings is 2. The van der Waals surface area contributed by atoms with Gasteiger partial charge in [-0.1, -0.05) is 30.3 Å². The first-order chi connectivity index (χ1) is 12.1. The number of para-hydroxylation sites is 2. The summed E-state index contributed by atoms with van der Waals surface area (Å²) in [5, 5.41) is 5.29. The number of carbonyl (C=O) groups excluding carboxylic acids is 3. The van der Waals surface area contributed by atoms with E-state index in [1.807, 2.05) is 17.4 Å². The number of hydrogen-bond donors (Lipinski definition) is 3. The Morgan fingerprint density at radius 1 is 0.880 bits per heavy atom. The topological polar surface area (TPSA) is 114 Å². The summed E-state index contributed by atoms with van der Waals surface area (Å²) in [6.07, 6.45) is 1.58. The van der Waals surface area contributed by atoms with Crippen LogP contribution in [0.25, 0.3) is 10.9 Å². The first kappa shape index (κ1) is 16.1. The standard InChI is InChI=1S/C18H14N4O3/c19-13-8-2-1-7-12(13)16(23)22-18(25)17(24)21-14-9-3-5-11-6-4-10-20-15(11)14/h1-10H,19H2,(H,21,24)(H,22,23,25). The lowest BCUT2D eigenvalue weighted by Crippen LogP contribution is -2.39. The molecule has 2 aromatic carbocycles. The number of nitrogens with one attached hydrogen (secondary N) is 2. The molecule has 1 aromatic heterocycles. The summed E-state index contributed by atoms with van der Waals surface area (Å²) in [6, 6.07) is 15.0. The van der Waals surface area contributed by atoms with Crippen molar-refractivity contribution < 1.29 is 14.4 Å². The van der Waals surface area contributed by atoms with Crippen molar-refractivity contribution in [3.63, 3.8) is 0 Å². The van der Waals surface area contributed by atoms with Crippen LogP contribution >= 0.6 is 0 Å².